The van der Waals surface area contributed by atoms with E-state index >= 15 is 0 Å². The van der Waals surface area contributed by atoms with Crippen LogP contribution in [0.25, 0.3) is 0 Å². The Hall–Kier alpha value is -4.00. The molecule has 12 heteroatoms. The highest BCUT2D eigenvalue weighted by Gasteiger charge is 2.30. The van der Waals surface area contributed by atoms with E-state index < -0.39 is 41.8 Å². The Kier molecular flexibility index (Phi) is 11.5. The Labute approximate surface area is 251 Å². The molecule has 0 aliphatic carbocycles. The number of morpholine rings is 1. The molecule has 12 nitrogen and oxygen atoms in total. The molecule has 43 heavy (non-hydrogen) atoms. The van der Waals surface area contributed by atoms with E-state index in [1.165, 1.54) is 11.8 Å². The van der Waals surface area contributed by atoms with E-state index in [4.69, 9.17) is 9.47 Å². The summed E-state index contributed by atoms with van der Waals surface area (Å²) in [4.78, 5) is 56.0. The van der Waals surface area contributed by atoms with Gasteiger partial charge in [-0.3, -0.25) is 24.1 Å². The van der Waals surface area contributed by atoms with Crippen molar-refractivity contribution in [3.8, 4) is 5.75 Å². The van der Waals surface area contributed by atoms with Gasteiger partial charge in [0, 0.05) is 39.6 Å². The van der Waals surface area contributed by atoms with E-state index in [1.807, 2.05) is 24.3 Å². The van der Waals surface area contributed by atoms with Crippen LogP contribution in [0.3, 0.4) is 0 Å². The summed E-state index contributed by atoms with van der Waals surface area (Å²) in [5.41, 5.74) is 2.28. The molecular formula is C31H41N5O7. The van der Waals surface area contributed by atoms with Crippen molar-refractivity contribution in [2.24, 2.45) is 0 Å². The van der Waals surface area contributed by atoms with Gasteiger partial charge in [-0.05, 0) is 36.6 Å². The molecule has 0 aromatic heterocycles. The predicted molar refractivity (Wildman–Crippen MR) is 158 cm³/mol. The lowest BCUT2D eigenvalue weighted by Crippen LogP contribution is -2.53. The van der Waals surface area contributed by atoms with Crippen molar-refractivity contribution < 1.29 is 33.8 Å². The Bertz CT molecular complexity index is 1260. The van der Waals surface area contributed by atoms with Crippen LogP contribution in [0.4, 0.5) is 0 Å². The fourth-order valence-corrected chi connectivity index (χ4v) is 4.93. The third-order valence-corrected chi connectivity index (χ3v) is 7.54. The number of para-hydroxylation sites is 1. The van der Waals surface area contributed by atoms with E-state index in [1.54, 1.807) is 31.3 Å². The second kappa shape index (κ2) is 15.5. The van der Waals surface area contributed by atoms with Crippen LogP contribution >= 0.6 is 0 Å². The highest BCUT2D eigenvalue weighted by molar-refractivity contribution is 5.99. The molecule has 2 aliphatic heterocycles. The molecule has 4 amide bonds. The molecule has 232 valence electrons. The summed E-state index contributed by atoms with van der Waals surface area (Å²) in [5, 5.41) is 18.4. The van der Waals surface area contributed by atoms with E-state index in [0.717, 1.165) is 44.0 Å². The van der Waals surface area contributed by atoms with Crippen LogP contribution in [0, 0.1) is 0 Å². The van der Waals surface area contributed by atoms with Gasteiger partial charge < -0.3 is 35.4 Å². The van der Waals surface area contributed by atoms with Crippen molar-refractivity contribution in [1.29, 1.82) is 0 Å². The van der Waals surface area contributed by atoms with Crippen molar-refractivity contribution in [2.75, 3.05) is 46.5 Å². The number of ether oxygens (including phenoxy) is 2. The Balaban J connectivity index is 1.45. The molecule has 1 saturated heterocycles. The average molecular weight is 596 g/mol. The lowest BCUT2D eigenvalue weighted by molar-refractivity contribution is -0.138. The topological polar surface area (TPSA) is 150 Å². The zero-order valence-electron chi connectivity index (χ0n) is 24.7. The predicted octanol–water partition coefficient (Wildman–Crippen LogP) is 0.430. The summed E-state index contributed by atoms with van der Waals surface area (Å²) in [5.74, 6) is -1.68. The van der Waals surface area contributed by atoms with Crippen molar-refractivity contribution in [1.82, 2.24) is 25.8 Å². The molecule has 0 bridgehead atoms. The molecule has 1 fully saturated rings. The quantitative estimate of drug-likeness (QED) is 0.376. The molecule has 0 radical (unpaired) electrons. The van der Waals surface area contributed by atoms with Crippen LogP contribution in [-0.2, 0) is 32.2 Å². The van der Waals surface area contributed by atoms with E-state index in [2.05, 4.69) is 20.9 Å². The van der Waals surface area contributed by atoms with Gasteiger partial charge in [0.05, 0.1) is 31.4 Å². The fraction of sp³-hybridized carbons (Fsp3) is 0.484. The number of fused-ring (bicyclic) bond motifs is 1. The van der Waals surface area contributed by atoms with Crippen LogP contribution in [-0.4, -0.2) is 103 Å². The third-order valence-electron chi connectivity index (χ3n) is 7.54. The summed E-state index contributed by atoms with van der Waals surface area (Å²) < 4.78 is 11.2. The minimum absolute atomic E-state index is 0.0263. The Morgan fingerprint density at radius 2 is 1.70 bits per heavy atom. The second-order valence-electron chi connectivity index (χ2n) is 10.9. The summed E-state index contributed by atoms with van der Waals surface area (Å²) in [6, 6.07) is 12.4. The molecule has 2 aliphatic rings. The number of amides is 4. The zero-order chi connectivity index (χ0) is 30.8. The number of aliphatic hydroxyl groups excluding tert-OH is 1. The first kappa shape index (κ1) is 31.9. The first-order valence-corrected chi connectivity index (χ1v) is 14.6. The maximum absolute atomic E-state index is 13.3. The van der Waals surface area contributed by atoms with Crippen molar-refractivity contribution in [2.45, 2.75) is 51.0 Å². The summed E-state index contributed by atoms with van der Waals surface area (Å²) in [6.07, 6.45) is -1.33. The van der Waals surface area contributed by atoms with Crippen molar-refractivity contribution >= 4 is 23.6 Å². The third kappa shape index (κ3) is 9.24. The standard InChI is InChI=1S/C31H41N5O7/c1-21(37)28-31(41)35(2)13-18-43-26-6-4-3-5-24(26)29(39)33-25(11-12-27(38)34-28)30(40)32-19-22-7-9-23(10-8-22)20-36-14-16-42-17-15-36/h3-10,21,25,28,37H,11-20H2,1-2H3,(H,32,40)(H,33,39)(H,34,38)/t21-,25+,28+/m1/s1. The smallest absolute Gasteiger partial charge is 0.255 e. The number of nitrogens with zero attached hydrogens (tertiary/aromatic N) is 2. The number of hydrogen-bond donors (Lipinski definition) is 4. The summed E-state index contributed by atoms with van der Waals surface area (Å²) in [6.45, 7) is 5.98. The van der Waals surface area contributed by atoms with Gasteiger partial charge in [-0.25, -0.2) is 0 Å². The molecule has 4 N–H and O–H groups in total. The van der Waals surface area contributed by atoms with Gasteiger partial charge >= 0.3 is 0 Å². The summed E-state index contributed by atoms with van der Waals surface area (Å²) in [7, 11) is 1.54. The monoisotopic (exact) mass is 595 g/mol. The number of likely N-dealkylation sites (N-methyl/N-ethyl adjacent to an activating group) is 1. The second-order valence-corrected chi connectivity index (χ2v) is 10.9. The van der Waals surface area contributed by atoms with Gasteiger partial charge in [0.2, 0.25) is 17.7 Å². The van der Waals surface area contributed by atoms with E-state index in [9.17, 15) is 24.3 Å². The Morgan fingerprint density at radius 1 is 1.00 bits per heavy atom. The molecule has 0 unspecified atom stereocenters. The van der Waals surface area contributed by atoms with Crippen molar-refractivity contribution in [3.05, 3.63) is 65.2 Å². The van der Waals surface area contributed by atoms with Gasteiger partial charge in [0.15, 0.2) is 0 Å². The number of aliphatic hydroxyl groups is 1. The highest BCUT2D eigenvalue weighted by atomic mass is 16.5. The van der Waals surface area contributed by atoms with Gasteiger partial charge in [-0.1, -0.05) is 36.4 Å². The highest BCUT2D eigenvalue weighted by Crippen LogP contribution is 2.19. The fourth-order valence-electron chi connectivity index (χ4n) is 4.93. The molecular weight excluding hydrogens is 554 g/mol. The molecule has 4 rings (SSSR count). The molecule has 2 aromatic carbocycles. The first-order chi connectivity index (χ1) is 20.7. The molecule has 0 saturated carbocycles. The van der Waals surface area contributed by atoms with Crippen molar-refractivity contribution in [3.63, 3.8) is 0 Å². The number of benzene rings is 2. The van der Waals surface area contributed by atoms with E-state index in [0.29, 0.717) is 5.75 Å². The Morgan fingerprint density at radius 3 is 2.42 bits per heavy atom. The van der Waals surface area contributed by atoms with Crippen LogP contribution in [0.15, 0.2) is 48.5 Å². The minimum Gasteiger partial charge on any atom is -0.491 e. The number of rotatable bonds is 6. The molecule has 3 atom stereocenters. The van der Waals surface area contributed by atoms with Gasteiger partial charge in [0.25, 0.3) is 5.91 Å². The maximum atomic E-state index is 13.3. The van der Waals surface area contributed by atoms with Gasteiger partial charge in [-0.15, -0.1) is 0 Å². The minimum atomic E-state index is -1.16. The number of carbonyl (C=O) groups excluding carboxylic acids is 4. The van der Waals surface area contributed by atoms with Gasteiger partial charge in [-0.2, -0.15) is 0 Å². The molecule has 0 spiro atoms. The number of hydrogen-bond acceptors (Lipinski definition) is 8. The summed E-state index contributed by atoms with van der Waals surface area (Å²) >= 11 is 0. The first-order valence-electron chi connectivity index (χ1n) is 14.6. The van der Waals surface area contributed by atoms with Gasteiger partial charge in [0.1, 0.15) is 24.4 Å². The normalized spacial score (nSPS) is 21.7. The zero-order valence-corrected chi connectivity index (χ0v) is 24.7. The maximum Gasteiger partial charge on any atom is 0.255 e. The number of nitrogens with one attached hydrogen (secondary N) is 3. The molecule has 2 aromatic rings. The average Bonchev–Trinajstić information content (AvgIpc) is 3.01. The molecule has 2 heterocycles. The van der Waals surface area contributed by atoms with Crippen LogP contribution in [0.1, 0.15) is 41.3 Å². The van der Waals surface area contributed by atoms with Crippen LogP contribution in [0.5, 0.6) is 5.75 Å². The lowest BCUT2D eigenvalue weighted by atomic mass is 10.1. The lowest BCUT2D eigenvalue weighted by Gasteiger charge is -2.26. The number of carbonyl (C=O) groups is 4. The van der Waals surface area contributed by atoms with Crippen LogP contribution < -0.4 is 20.7 Å². The van der Waals surface area contributed by atoms with Crippen LogP contribution in [0.2, 0.25) is 0 Å². The van der Waals surface area contributed by atoms with E-state index in [-0.39, 0.29) is 38.1 Å². The SMILES string of the molecule is C[C@@H](O)[C@@H]1NC(=O)CC[C@@H](C(=O)NCc2ccc(CN3CCOCC3)cc2)NC(=O)c2ccccc2OCCN(C)C1=O. The largest absolute Gasteiger partial charge is 0.491 e.